The molecule has 0 spiro atoms. The van der Waals surface area contributed by atoms with Crippen LogP contribution in [0.15, 0.2) is 21.8 Å². The van der Waals surface area contributed by atoms with Crippen LogP contribution >= 0.6 is 35.7 Å². The third-order valence-electron chi connectivity index (χ3n) is 5.17. The average molecular weight is 495 g/mol. The van der Waals surface area contributed by atoms with Crippen molar-refractivity contribution in [3.8, 4) is 0 Å². The monoisotopic (exact) mass is 495 g/mol. The Morgan fingerprint density at radius 1 is 1.31 bits per heavy atom. The van der Waals surface area contributed by atoms with Crippen LogP contribution in [0.25, 0.3) is 0 Å². The lowest BCUT2D eigenvalue weighted by Crippen LogP contribution is -2.54. The molecule has 0 aromatic carbocycles. The molecule has 0 atom stereocenters. The number of thioether (sulfide) groups is 1. The van der Waals surface area contributed by atoms with Crippen molar-refractivity contribution in [3.05, 3.63) is 18.0 Å². The summed E-state index contributed by atoms with van der Waals surface area (Å²) in [7, 11) is 1.87. The highest BCUT2D eigenvalue weighted by molar-refractivity contribution is 14.0. The minimum Gasteiger partial charge on any atom is -0.381 e. The Morgan fingerprint density at radius 3 is 2.62 bits per heavy atom. The molecule has 0 bridgehead atoms. The number of guanidine groups is 1. The fourth-order valence-corrected chi connectivity index (χ4v) is 4.23. The summed E-state index contributed by atoms with van der Waals surface area (Å²) in [6.07, 6.45) is 6.04. The molecule has 0 aliphatic carbocycles. The smallest absolute Gasteiger partial charge is 0.193 e. The predicted molar refractivity (Wildman–Crippen MR) is 116 cm³/mol. The van der Waals surface area contributed by atoms with E-state index in [0.717, 1.165) is 77.0 Å². The number of aliphatic imine (C=N–C) groups is 1. The zero-order valence-corrected chi connectivity index (χ0v) is 18.8. The maximum absolute atomic E-state index is 5.53. The highest BCUT2D eigenvalue weighted by Crippen LogP contribution is 2.33. The molecule has 2 aliphatic heterocycles. The van der Waals surface area contributed by atoms with Crippen LogP contribution in [0.3, 0.4) is 0 Å². The van der Waals surface area contributed by atoms with E-state index in [9.17, 15) is 0 Å². The average Bonchev–Trinajstić information content (AvgIpc) is 3.17. The van der Waals surface area contributed by atoms with Crippen LogP contribution in [0.4, 0.5) is 0 Å². The van der Waals surface area contributed by atoms with E-state index in [-0.39, 0.29) is 28.7 Å². The van der Waals surface area contributed by atoms with E-state index >= 15 is 0 Å². The second-order valence-electron chi connectivity index (χ2n) is 6.65. The van der Waals surface area contributed by atoms with Gasteiger partial charge in [-0.2, -0.15) is 11.8 Å². The van der Waals surface area contributed by atoms with Gasteiger partial charge in [0.1, 0.15) is 6.26 Å². The summed E-state index contributed by atoms with van der Waals surface area (Å²) in [6.45, 7) is 7.50. The second kappa shape index (κ2) is 10.7. The van der Waals surface area contributed by atoms with Gasteiger partial charge in [0, 0.05) is 70.3 Å². The molecule has 2 aliphatic rings. The summed E-state index contributed by atoms with van der Waals surface area (Å²) in [5, 5.41) is 7.61. The SMILES string of the molecule is CN=C(NCC1(SC)CCOCC1)N1CCN(Cc2ccon2)CC1.I. The molecular weight excluding hydrogens is 465 g/mol. The van der Waals surface area contributed by atoms with E-state index in [1.54, 1.807) is 6.26 Å². The van der Waals surface area contributed by atoms with Crippen molar-refractivity contribution in [2.75, 3.05) is 59.2 Å². The number of aromatic nitrogens is 1. The summed E-state index contributed by atoms with van der Waals surface area (Å²) in [5.41, 5.74) is 0.998. The molecule has 1 aromatic heterocycles. The normalized spacial score (nSPS) is 21.3. The lowest BCUT2D eigenvalue weighted by molar-refractivity contribution is 0.0779. The number of halogens is 1. The van der Waals surface area contributed by atoms with Crippen LogP contribution in [0.2, 0.25) is 0 Å². The Morgan fingerprint density at radius 2 is 2.04 bits per heavy atom. The Bertz CT molecular complexity index is 543. The molecule has 2 fully saturated rings. The van der Waals surface area contributed by atoms with Gasteiger partial charge in [-0.3, -0.25) is 9.89 Å². The Kier molecular flexibility index (Phi) is 8.98. The van der Waals surface area contributed by atoms with E-state index < -0.39 is 0 Å². The van der Waals surface area contributed by atoms with Gasteiger partial charge in [-0.25, -0.2) is 0 Å². The first-order valence-electron chi connectivity index (χ1n) is 8.95. The van der Waals surface area contributed by atoms with E-state index in [2.05, 4.69) is 31.5 Å². The molecule has 148 valence electrons. The molecule has 9 heteroatoms. The Labute approximate surface area is 177 Å². The number of ether oxygens (including phenoxy) is 1. The maximum atomic E-state index is 5.53. The van der Waals surface area contributed by atoms with Gasteiger partial charge < -0.3 is 19.5 Å². The molecule has 7 nitrogen and oxygen atoms in total. The van der Waals surface area contributed by atoms with Crippen molar-refractivity contribution >= 4 is 41.7 Å². The van der Waals surface area contributed by atoms with Crippen molar-refractivity contribution < 1.29 is 9.26 Å². The highest BCUT2D eigenvalue weighted by Gasteiger charge is 2.32. The van der Waals surface area contributed by atoms with Gasteiger partial charge in [-0.15, -0.1) is 24.0 Å². The minimum atomic E-state index is 0. The minimum absolute atomic E-state index is 0. The van der Waals surface area contributed by atoms with E-state index in [4.69, 9.17) is 9.26 Å². The second-order valence-corrected chi connectivity index (χ2v) is 7.93. The summed E-state index contributed by atoms with van der Waals surface area (Å²) < 4.78 is 10.7. The number of hydrogen-bond donors (Lipinski definition) is 1. The van der Waals surface area contributed by atoms with Gasteiger partial charge in [0.2, 0.25) is 0 Å². The highest BCUT2D eigenvalue weighted by atomic mass is 127. The summed E-state index contributed by atoms with van der Waals surface area (Å²) in [6, 6.07) is 1.93. The number of hydrogen-bond acceptors (Lipinski definition) is 6. The van der Waals surface area contributed by atoms with Gasteiger partial charge in [-0.1, -0.05) is 5.16 Å². The predicted octanol–water partition coefficient (Wildman–Crippen LogP) is 1.90. The first-order chi connectivity index (χ1) is 12.2. The van der Waals surface area contributed by atoms with E-state index in [1.807, 2.05) is 24.9 Å². The van der Waals surface area contributed by atoms with Gasteiger partial charge in [0.15, 0.2) is 5.96 Å². The molecule has 2 saturated heterocycles. The van der Waals surface area contributed by atoms with Crippen LogP contribution in [0, 0.1) is 0 Å². The van der Waals surface area contributed by atoms with Crippen LogP contribution in [0.1, 0.15) is 18.5 Å². The Hall–Kier alpha value is -0.520. The molecule has 1 aromatic rings. The van der Waals surface area contributed by atoms with Crippen molar-refractivity contribution in [3.63, 3.8) is 0 Å². The topological polar surface area (TPSA) is 66.1 Å². The molecule has 26 heavy (non-hydrogen) atoms. The van der Waals surface area contributed by atoms with Crippen LogP contribution in [-0.4, -0.2) is 84.9 Å². The van der Waals surface area contributed by atoms with Crippen molar-refractivity contribution in [2.24, 2.45) is 4.99 Å². The van der Waals surface area contributed by atoms with Crippen LogP contribution in [0.5, 0.6) is 0 Å². The largest absolute Gasteiger partial charge is 0.381 e. The fraction of sp³-hybridized carbons (Fsp3) is 0.765. The van der Waals surface area contributed by atoms with Gasteiger partial charge in [0.25, 0.3) is 0 Å². The third kappa shape index (κ3) is 5.74. The molecule has 0 amide bonds. The van der Waals surface area contributed by atoms with Gasteiger partial charge >= 0.3 is 0 Å². The third-order valence-corrected chi connectivity index (χ3v) is 6.58. The maximum Gasteiger partial charge on any atom is 0.193 e. The standard InChI is InChI=1S/C17H29N5O2S.HI/c1-18-16(19-14-17(25-2)4-11-23-12-5-17)22-8-6-21(7-9-22)13-15-3-10-24-20-15;/h3,10H,4-9,11-14H2,1-2H3,(H,18,19);1H. The first kappa shape index (κ1) is 21.8. The number of nitrogens with zero attached hydrogens (tertiary/aromatic N) is 4. The summed E-state index contributed by atoms with van der Waals surface area (Å²) >= 11 is 1.95. The van der Waals surface area contributed by atoms with Crippen molar-refractivity contribution in [2.45, 2.75) is 24.1 Å². The van der Waals surface area contributed by atoms with Crippen LogP contribution < -0.4 is 5.32 Å². The molecule has 3 rings (SSSR count). The molecule has 0 saturated carbocycles. The zero-order valence-electron chi connectivity index (χ0n) is 15.6. The van der Waals surface area contributed by atoms with Gasteiger partial charge in [-0.05, 0) is 19.1 Å². The molecule has 3 heterocycles. The van der Waals surface area contributed by atoms with Gasteiger partial charge in [0.05, 0.1) is 5.69 Å². The lowest BCUT2D eigenvalue weighted by atomic mass is 9.99. The number of nitrogens with one attached hydrogen (secondary N) is 1. The number of piperazine rings is 1. The molecule has 0 unspecified atom stereocenters. The van der Waals surface area contributed by atoms with Crippen LogP contribution in [-0.2, 0) is 11.3 Å². The zero-order chi connectivity index (χ0) is 17.5. The molecular formula is C17H30IN5O2S. The summed E-state index contributed by atoms with van der Waals surface area (Å²) in [4.78, 5) is 9.27. The fourth-order valence-electron chi connectivity index (χ4n) is 3.43. The molecule has 1 N–H and O–H groups in total. The van der Waals surface area contributed by atoms with Crippen molar-refractivity contribution in [1.82, 2.24) is 20.3 Å². The quantitative estimate of drug-likeness (QED) is 0.380. The first-order valence-corrected chi connectivity index (χ1v) is 10.2. The van der Waals surface area contributed by atoms with Crippen molar-refractivity contribution in [1.29, 1.82) is 0 Å². The lowest BCUT2D eigenvalue weighted by Gasteiger charge is -2.39. The van der Waals surface area contributed by atoms with E-state index in [0.29, 0.717) is 0 Å². The Balaban J connectivity index is 0.00000243. The molecule has 0 radical (unpaired) electrons. The summed E-state index contributed by atoms with van der Waals surface area (Å²) in [5.74, 6) is 1.01. The number of rotatable bonds is 5. The van der Waals surface area contributed by atoms with E-state index in [1.165, 1.54) is 0 Å².